The van der Waals surface area contributed by atoms with Crippen LogP contribution >= 0.6 is 0 Å². The maximum Gasteiger partial charge on any atom is 0.133 e. The minimum Gasteiger partial charge on any atom is -0.485 e. The number of ether oxygens (including phenoxy) is 1. The molecule has 0 saturated heterocycles. The van der Waals surface area contributed by atoms with Crippen LogP contribution in [0.5, 0.6) is 5.75 Å². The molecule has 0 aliphatic carbocycles. The van der Waals surface area contributed by atoms with Gasteiger partial charge in [0.2, 0.25) is 0 Å². The monoisotopic (exact) mass is 295 g/mol. The first kappa shape index (κ1) is 15.1. The van der Waals surface area contributed by atoms with Crippen LogP contribution in [0.3, 0.4) is 0 Å². The Hall–Kier alpha value is -1.80. The molecule has 1 atom stereocenters. The standard InChI is InChI=1S/C20H25NO/c1-12-7-9-15(10-8-12)16-11-13(2)14(3)17-18(16)22-19(4,5)20(17,6)21/h7-11H,21H2,1-6H3. The molecule has 2 aromatic carbocycles. The molecule has 1 aliphatic heterocycles. The first-order valence-corrected chi connectivity index (χ1v) is 7.85. The topological polar surface area (TPSA) is 35.2 Å². The smallest absolute Gasteiger partial charge is 0.133 e. The summed E-state index contributed by atoms with van der Waals surface area (Å²) in [5, 5.41) is 0. The maximum absolute atomic E-state index is 6.68. The van der Waals surface area contributed by atoms with E-state index >= 15 is 0 Å². The number of nitrogens with two attached hydrogens (primary N) is 1. The van der Waals surface area contributed by atoms with Crippen molar-refractivity contribution in [1.29, 1.82) is 0 Å². The minimum absolute atomic E-state index is 0.423. The third kappa shape index (κ3) is 1.98. The zero-order chi connectivity index (χ0) is 16.3. The number of hydrogen-bond donors (Lipinski definition) is 1. The molecular weight excluding hydrogens is 270 g/mol. The van der Waals surface area contributed by atoms with Crippen molar-refractivity contribution in [1.82, 2.24) is 0 Å². The molecule has 116 valence electrons. The van der Waals surface area contributed by atoms with Gasteiger partial charge in [0, 0.05) is 11.1 Å². The van der Waals surface area contributed by atoms with Gasteiger partial charge in [0.25, 0.3) is 0 Å². The summed E-state index contributed by atoms with van der Waals surface area (Å²) in [6.45, 7) is 12.6. The molecule has 2 nitrogen and oxygen atoms in total. The van der Waals surface area contributed by atoms with Gasteiger partial charge in [-0.2, -0.15) is 0 Å². The van der Waals surface area contributed by atoms with Crippen molar-refractivity contribution in [2.75, 3.05) is 0 Å². The average molecular weight is 295 g/mol. The summed E-state index contributed by atoms with van der Waals surface area (Å²) in [7, 11) is 0. The van der Waals surface area contributed by atoms with Gasteiger partial charge in [-0.1, -0.05) is 29.8 Å². The Morgan fingerprint density at radius 2 is 1.55 bits per heavy atom. The summed E-state index contributed by atoms with van der Waals surface area (Å²) in [6.07, 6.45) is 0. The van der Waals surface area contributed by atoms with Gasteiger partial charge in [-0.3, -0.25) is 0 Å². The quantitative estimate of drug-likeness (QED) is 0.833. The number of fused-ring (bicyclic) bond motifs is 1. The minimum atomic E-state index is -0.502. The van der Waals surface area contributed by atoms with Gasteiger partial charge in [0.15, 0.2) is 0 Å². The van der Waals surface area contributed by atoms with Crippen molar-refractivity contribution in [3.8, 4) is 16.9 Å². The summed E-state index contributed by atoms with van der Waals surface area (Å²) in [6, 6.07) is 10.8. The molecule has 1 unspecified atom stereocenters. The first-order valence-electron chi connectivity index (χ1n) is 7.85. The molecule has 1 aliphatic rings. The Bertz CT molecular complexity index is 739. The Labute approximate surface area is 133 Å². The lowest BCUT2D eigenvalue weighted by Crippen LogP contribution is -2.51. The fourth-order valence-electron chi connectivity index (χ4n) is 3.23. The molecule has 22 heavy (non-hydrogen) atoms. The Morgan fingerprint density at radius 3 is 2.14 bits per heavy atom. The lowest BCUT2D eigenvalue weighted by atomic mass is 9.77. The Morgan fingerprint density at radius 1 is 0.955 bits per heavy atom. The van der Waals surface area contributed by atoms with Gasteiger partial charge in [-0.25, -0.2) is 0 Å². The second kappa shape index (κ2) is 4.60. The van der Waals surface area contributed by atoms with Crippen LogP contribution < -0.4 is 10.5 Å². The fraction of sp³-hybridized carbons (Fsp3) is 0.400. The van der Waals surface area contributed by atoms with E-state index in [0.717, 1.165) is 16.9 Å². The predicted molar refractivity (Wildman–Crippen MR) is 92.3 cm³/mol. The van der Waals surface area contributed by atoms with E-state index in [1.807, 2.05) is 0 Å². The van der Waals surface area contributed by atoms with Crippen LogP contribution in [0.15, 0.2) is 30.3 Å². The van der Waals surface area contributed by atoms with Crippen LogP contribution in [0, 0.1) is 20.8 Å². The van der Waals surface area contributed by atoms with Gasteiger partial charge >= 0.3 is 0 Å². The normalized spacial score (nSPS) is 22.3. The zero-order valence-corrected chi connectivity index (χ0v) is 14.4. The van der Waals surface area contributed by atoms with E-state index in [9.17, 15) is 0 Å². The number of aryl methyl sites for hydroxylation is 2. The molecular formula is C20H25NO. The summed E-state index contributed by atoms with van der Waals surface area (Å²) < 4.78 is 6.34. The molecule has 2 aromatic rings. The van der Waals surface area contributed by atoms with Crippen molar-refractivity contribution in [2.24, 2.45) is 5.73 Å². The van der Waals surface area contributed by atoms with Crippen molar-refractivity contribution in [2.45, 2.75) is 52.7 Å². The molecule has 0 amide bonds. The van der Waals surface area contributed by atoms with Crippen LogP contribution in [0.4, 0.5) is 0 Å². The van der Waals surface area contributed by atoms with E-state index in [1.54, 1.807) is 0 Å². The largest absolute Gasteiger partial charge is 0.485 e. The second-order valence-electron chi connectivity index (χ2n) is 7.25. The van der Waals surface area contributed by atoms with E-state index < -0.39 is 11.1 Å². The molecule has 0 spiro atoms. The van der Waals surface area contributed by atoms with E-state index in [2.05, 4.69) is 71.9 Å². The number of hydrogen-bond acceptors (Lipinski definition) is 2. The third-order valence-electron chi connectivity index (χ3n) is 5.29. The molecule has 1 heterocycles. The fourth-order valence-corrected chi connectivity index (χ4v) is 3.23. The van der Waals surface area contributed by atoms with Crippen molar-refractivity contribution in [3.63, 3.8) is 0 Å². The SMILES string of the molecule is Cc1ccc(-c2cc(C)c(C)c3c2OC(C)(C)C3(C)N)cc1. The van der Waals surface area contributed by atoms with Crippen LogP contribution in [0.25, 0.3) is 11.1 Å². The van der Waals surface area contributed by atoms with Crippen molar-refractivity contribution < 1.29 is 4.74 Å². The highest BCUT2D eigenvalue weighted by atomic mass is 16.5. The van der Waals surface area contributed by atoms with Gasteiger partial charge in [-0.05, 0) is 64.3 Å². The summed E-state index contributed by atoms with van der Waals surface area (Å²) >= 11 is 0. The predicted octanol–water partition coefficient (Wildman–Crippen LogP) is 4.62. The molecule has 3 rings (SSSR count). The Kier molecular flexibility index (Phi) is 3.16. The second-order valence-corrected chi connectivity index (χ2v) is 7.25. The lowest BCUT2D eigenvalue weighted by molar-refractivity contribution is 0.0654. The Balaban J connectivity index is 2.31. The maximum atomic E-state index is 6.68. The molecule has 0 aromatic heterocycles. The van der Waals surface area contributed by atoms with Crippen LogP contribution in [0.2, 0.25) is 0 Å². The lowest BCUT2D eigenvalue weighted by Gasteiger charge is -2.33. The highest BCUT2D eigenvalue weighted by molar-refractivity contribution is 5.77. The molecule has 0 bridgehead atoms. The van der Waals surface area contributed by atoms with Gasteiger partial charge in [-0.15, -0.1) is 0 Å². The van der Waals surface area contributed by atoms with Crippen LogP contribution in [-0.4, -0.2) is 5.60 Å². The zero-order valence-electron chi connectivity index (χ0n) is 14.4. The van der Waals surface area contributed by atoms with E-state index in [1.165, 1.54) is 22.3 Å². The highest BCUT2D eigenvalue weighted by Gasteiger charge is 2.50. The van der Waals surface area contributed by atoms with E-state index in [4.69, 9.17) is 10.5 Å². The summed E-state index contributed by atoms with van der Waals surface area (Å²) in [4.78, 5) is 0. The average Bonchev–Trinajstić information content (AvgIpc) is 2.61. The molecule has 2 N–H and O–H groups in total. The number of benzene rings is 2. The molecule has 2 heteroatoms. The van der Waals surface area contributed by atoms with Gasteiger partial charge in [0.1, 0.15) is 11.4 Å². The van der Waals surface area contributed by atoms with Crippen molar-refractivity contribution in [3.05, 3.63) is 52.6 Å². The van der Waals surface area contributed by atoms with E-state index in [-0.39, 0.29) is 0 Å². The third-order valence-corrected chi connectivity index (χ3v) is 5.29. The highest BCUT2D eigenvalue weighted by Crippen LogP contribution is 2.52. The number of rotatable bonds is 1. The van der Waals surface area contributed by atoms with Crippen LogP contribution in [-0.2, 0) is 5.54 Å². The molecule has 0 radical (unpaired) electrons. The van der Waals surface area contributed by atoms with Crippen LogP contribution in [0.1, 0.15) is 43.0 Å². The van der Waals surface area contributed by atoms with Crippen molar-refractivity contribution >= 4 is 0 Å². The first-order chi connectivity index (χ1) is 10.1. The molecule has 0 saturated carbocycles. The van der Waals surface area contributed by atoms with E-state index in [0.29, 0.717) is 0 Å². The summed E-state index contributed by atoms with van der Waals surface area (Å²) in [5.41, 5.74) is 13.0. The summed E-state index contributed by atoms with van der Waals surface area (Å²) in [5.74, 6) is 0.946. The van der Waals surface area contributed by atoms with Gasteiger partial charge < -0.3 is 10.5 Å². The van der Waals surface area contributed by atoms with Gasteiger partial charge in [0.05, 0.1) is 5.54 Å². The molecule has 0 fully saturated rings.